The van der Waals surface area contributed by atoms with Crippen LogP contribution in [0.25, 0.3) is 0 Å². The highest BCUT2D eigenvalue weighted by atomic mass is 35.5. The van der Waals surface area contributed by atoms with Gasteiger partial charge in [0.25, 0.3) is 11.8 Å². The monoisotopic (exact) mass is 506 g/mol. The molecule has 0 saturated carbocycles. The predicted octanol–water partition coefficient (Wildman–Crippen LogP) is 6.12. The molecule has 3 aromatic carbocycles. The summed E-state index contributed by atoms with van der Waals surface area (Å²) in [6.07, 6.45) is 0. The van der Waals surface area contributed by atoms with E-state index in [0.717, 1.165) is 16.0 Å². The van der Waals surface area contributed by atoms with Gasteiger partial charge in [-0.25, -0.2) is 9.69 Å². The van der Waals surface area contributed by atoms with Crippen molar-refractivity contribution in [3.63, 3.8) is 0 Å². The molecule has 0 aliphatic carbocycles. The summed E-state index contributed by atoms with van der Waals surface area (Å²) in [5, 5.41) is 3.68. The first kappa shape index (κ1) is 24.6. The van der Waals surface area contributed by atoms with Crippen LogP contribution in [0.1, 0.15) is 28.4 Å². The minimum atomic E-state index is -0.449. The van der Waals surface area contributed by atoms with Crippen molar-refractivity contribution < 1.29 is 19.1 Å². The fourth-order valence-corrected chi connectivity index (χ4v) is 4.63. The second kappa shape index (κ2) is 10.4. The Hall–Kier alpha value is -3.55. The molecule has 0 radical (unpaired) electrons. The highest BCUT2D eigenvalue weighted by Gasteiger charge is 2.41. The third kappa shape index (κ3) is 5.11. The average molecular weight is 507 g/mol. The number of hydrogen-bond acceptors (Lipinski definition) is 6. The number of hydrogen-bond donors (Lipinski definition) is 1. The highest BCUT2D eigenvalue weighted by Crippen LogP contribution is 2.39. The number of aryl methyl sites for hydroxylation is 1. The number of nitrogens with zero attached hydrogens (tertiary/aromatic N) is 1. The molecule has 1 heterocycles. The van der Waals surface area contributed by atoms with Crippen LogP contribution in [0.15, 0.2) is 82.2 Å². The predicted molar refractivity (Wildman–Crippen MR) is 139 cm³/mol. The van der Waals surface area contributed by atoms with Gasteiger partial charge in [-0.05, 0) is 86.5 Å². The molecule has 0 aromatic heterocycles. The molecule has 6 nitrogen and oxygen atoms in total. The molecule has 1 aliphatic heterocycles. The minimum Gasteiger partial charge on any atom is -0.462 e. The summed E-state index contributed by atoms with van der Waals surface area (Å²) in [5.41, 5.74) is 3.50. The number of anilines is 2. The zero-order valence-electron chi connectivity index (χ0n) is 19.4. The molecule has 3 aromatic rings. The van der Waals surface area contributed by atoms with E-state index in [9.17, 15) is 14.4 Å². The molecular weight excluding hydrogens is 484 g/mol. The van der Waals surface area contributed by atoms with Crippen molar-refractivity contribution in [3.05, 3.63) is 99.0 Å². The lowest BCUT2D eigenvalue weighted by Gasteiger charge is -2.19. The maximum Gasteiger partial charge on any atom is 0.338 e. The summed E-state index contributed by atoms with van der Waals surface area (Å²) in [6, 6.07) is 19.1. The number of carbonyl (C=O) groups is 3. The van der Waals surface area contributed by atoms with Crippen molar-refractivity contribution >= 4 is 52.5 Å². The van der Waals surface area contributed by atoms with Crippen molar-refractivity contribution in [2.24, 2.45) is 0 Å². The number of imide groups is 1. The Morgan fingerprint density at radius 2 is 1.66 bits per heavy atom. The smallest absolute Gasteiger partial charge is 0.338 e. The van der Waals surface area contributed by atoms with E-state index in [1.54, 1.807) is 61.5 Å². The molecule has 8 heteroatoms. The molecule has 0 bridgehead atoms. The highest BCUT2D eigenvalue weighted by molar-refractivity contribution is 8.04. The molecule has 35 heavy (non-hydrogen) atoms. The molecule has 1 aliphatic rings. The third-order valence-corrected chi connectivity index (χ3v) is 6.90. The molecular formula is C27H23ClN2O4S. The van der Waals surface area contributed by atoms with Gasteiger partial charge in [0.1, 0.15) is 10.6 Å². The fraction of sp³-hybridized carbons (Fsp3) is 0.148. The van der Waals surface area contributed by atoms with Crippen LogP contribution in [0.3, 0.4) is 0 Å². The average Bonchev–Trinajstić information content (AvgIpc) is 3.07. The van der Waals surface area contributed by atoms with Gasteiger partial charge < -0.3 is 10.1 Å². The second-order valence-corrected chi connectivity index (χ2v) is 9.37. The topological polar surface area (TPSA) is 75.7 Å². The van der Waals surface area contributed by atoms with Gasteiger partial charge in [-0.2, -0.15) is 0 Å². The Labute approximate surface area is 212 Å². The van der Waals surface area contributed by atoms with E-state index in [1.807, 2.05) is 26.0 Å². The Balaban J connectivity index is 1.71. The maximum absolute atomic E-state index is 13.6. The first-order valence-electron chi connectivity index (χ1n) is 11.0. The number of nitrogens with one attached hydrogen (secondary N) is 1. The van der Waals surface area contributed by atoms with Gasteiger partial charge in [0.15, 0.2) is 0 Å². The van der Waals surface area contributed by atoms with Crippen molar-refractivity contribution in [2.45, 2.75) is 25.7 Å². The van der Waals surface area contributed by atoms with Crippen molar-refractivity contribution in [1.29, 1.82) is 0 Å². The van der Waals surface area contributed by atoms with Crippen LogP contribution in [0.2, 0.25) is 5.02 Å². The van der Waals surface area contributed by atoms with E-state index in [0.29, 0.717) is 22.0 Å². The van der Waals surface area contributed by atoms with Crippen LogP contribution < -0.4 is 10.2 Å². The van der Waals surface area contributed by atoms with E-state index in [1.165, 1.54) is 16.7 Å². The van der Waals surface area contributed by atoms with Gasteiger partial charge in [0.05, 0.1) is 17.9 Å². The van der Waals surface area contributed by atoms with Gasteiger partial charge in [0.2, 0.25) is 0 Å². The van der Waals surface area contributed by atoms with Crippen LogP contribution in [0.4, 0.5) is 11.4 Å². The minimum absolute atomic E-state index is 0.166. The zero-order valence-corrected chi connectivity index (χ0v) is 21.0. The summed E-state index contributed by atoms with van der Waals surface area (Å²) in [7, 11) is 0. The lowest BCUT2D eigenvalue weighted by molar-refractivity contribution is -0.120. The second-order valence-electron chi connectivity index (χ2n) is 7.85. The van der Waals surface area contributed by atoms with Crippen molar-refractivity contribution in [3.8, 4) is 0 Å². The molecule has 0 saturated heterocycles. The summed E-state index contributed by atoms with van der Waals surface area (Å²) < 4.78 is 5.02. The van der Waals surface area contributed by atoms with Crippen LogP contribution in [0.5, 0.6) is 0 Å². The SMILES string of the molecule is CCOC(=O)c1ccc(NC2=C(Sc3ccc(Cl)cc3)C(=O)N(c3cccc(C)c3C)C2=O)cc1. The van der Waals surface area contributed by atoms with E-state index in [-0.39, 0.29) is 17.2 Å². The van der Waals surface area contributed by atoms with E-state index >= 15 is 0 Å². The van der Waals surface area contributed by atoms with Crippen LogP contribution in [-0.4, -0.2) is 24.4 Å². The quantitative estimate of drug-likeness (QED) is 0.307. The summed E-state index contributed by atoms with van der Waals surface area (Å²) in [5.74, 6) is -1.28. The molecule has 0 unspecified atom stereocenters. The molecule has 2 amide bonds. The first-order valence-corrected chi connectivity index (χ1v) is 12.2. The summed E-state index contributed by atoms with van der Waals surface area (Å²) in [4.78, 5) is 41.3. The molecule has 178 valence electrons. The maximum atomic E-state index is 13.6. The number of amides is 2. The number of benzene rings is 3. The zero-order chi connectivity index (χ0) is 25.1. The van der Waals surface area contributed by atoms with Crippen LogP contribution in [0, 0.1) is 13.8 Å². The molecule has 0 spiro atoms. The molecule has 0 atom stereocenters. The third-order valence-electron chi connectivity index (χ3n) is 5.56. The van der Waals surface area contributed by atoms with Gasteiger partial charge in [-0.15, -0.1) is 0 Å². The first-order chi connectivity index (χ1) is 16.8. The van der Waals surface area contributed by atoms with E-state index in [4.69, 9.17) is 16.3 Å². The molecule has 1 N–H and O–H groups in total. The lowest BCUT2D eigenvalue weighted by Crippen LogP contribution is -2.33. The summed E-state index contributed by atoms with van der Waals surface area (Å²) >= 11 is 7.21. The van der Waals surface area contributed by atoms with Crippen molar-refractivity contribution in [1.82, 2.24) is 0 Å². The molecule has 0 fully saturated rings. The number of halogens is 1. The van der Waals surface area contributed by atoms with Gasteiger partial charge in [0, 0.05) is 15.6 Å². The number of esters is 1. The number of rotatable bonds is 7. The van der Waals surface area contributed by atoms with Gasteiger partial charge in [-0.3, -0.25) is 9.59 Å². The van der Waals surface area contributed by atoms with Gasteiger partial charge >= 0.3 is 5.97 Å². The van der Waals surface area contributed by atoms with E-state index in [2.05, 4.69) is 5.32 Å². The van der Waals surface area contributed by atoms with Crippen molar-refractivity contribution in [2.75, 3.05) is 16.8 Å². The summed E-state index contributed by atoms with van der Waals surface area (Å²) in [6.45, 7) is 5.84. The van der Waals surface area contributed by atoms with E-state index < -0.39 is 17.8 Å². The Kier molecular flexibility index (Phi) is 7.28. The Morgan fingerprint density at radius 1 is 0.971 bits per heavy atom. The Morgan fingerprint density at radius 3 is 2.31 bits per heavy atom. The number of carbonyl (C=O) groups excluding carboxylic acids is 3. The largest absolute Gasteiger partial charge is 0.462 e. The number of thioether (sulfide) groups is 1. The molecule has 4 rings (SSSR count). The van der Waals surface area contributed by atoms with Crippen LogP contribution >= 0.6 is 23.4 Å². The van der Waals surface area contributed by atoms with Crippen LogP contribution in [-0.2, 0) is 14.3 Å². The standard InChI is InChI=1S/C27H23ClN2O4S/c1-4-34-27(33)18-8-12-20(13-9-18)29-23-24(35-21-14-10-19(28)11-15-21)26(32)30(25(23)31)22-7-5-6-16(2)17(22)3/h5-15,29H,4H2,1-3H3. The fourth-order valence-electron chi connectivity index (χ4n) is 3.58. The van der Waals surface area contributed by atoms with Gasteiger partial charge in [-0.1, -0.05) is 35.5 Å². The Bertz CT molecular complexity index is 1330. The lowest BCUT2D eigenvalue weighted by atomic mass is 10.1. The normalized spacial score (nSPS) is 13.4. The number of ether oxygens (including phenoxy) is 1.